The molecule has 2 aromatic rings. The Morgan fingerprint density at radius 3 is 2.86 bits per heavy atom. The lowest BCUT2D eigenvalue weighted by Gasteiger charge is -2.33. The van der Waals surface area contributed by atoms with Gasteiger partial charge in [-0.25, -0.2) is 9.97 Å². The van der Waals surface area contributed by atoms with Crippen molar-refractivity contribution in [1.29, 1.82) is 5.26 Å². The lowest BCUT2D eigenvalue weighted by molar-refractivity contribution is -0.123. The van der Waals surface area contributed by atoms with Crippen molar-refractivity contribution in [3.8, 4) is 6.07 Å². The van der Waals surface area contributed by atoms with Gasteiger partial charge in [-0.1, -0.05) is 0 Å². The van der Waals surface area contributed by atoms with E-state index in [9.17, 15) is 15.2 Å². The first-order valence-corrected chi connectivity index (χ1v) is 9.57. The van der Waals surface area contributed by atoms with E-state index in [2.05, 4.69) is 26.7 Å². The summed E-state index contributed by atoms with van der Waals surface area (Å²) in [5.41, 5.74) is 0.314. The van der Waals surface area contributed by atoms with E-state index in [1.54, 1.807) is 25.3 Å². The second-order valence-corrected chi connectivity index (χ2v) is 7.51. The normalized spacial score (nSPS) is 18.6. The minimum absolute atomic E-state index is 0.0998. The fourth-order valence-corrected chi connectivity index (χ4v) is 3.44. The molecular weight excluding hydrogens is 356 g/mol. The van der Waals surface area contributed by atoms with E-state index in [4.69, 9.17) is 0 Å². The number of carbonyl (C=O) groups is 1. The molecule has 2 atom stereocenters. The number of aromatic nitrogens is 2. The molecule has 1 fully saturated rings. The number of hydrogen-bond donors (Lipinski definition) is 3. The molecule has 0 aromatic carbocycles. The number of nitrogens with one attached hydrogen (secondary N) is 2. The van der Waals surface area contributed by atoms with Crippen molar-refractivity contribution in [3.63, 3.8) is 0 Å². The summed E-state index contributed by atoms with van der Waals surface area (Å²) < 4.78 is 0. The molecule has 1 unspecified atom stereocenters. The van der Waals surface area contributed by atoms with Gasteiger partial charge in [-0.15, -0.1) is 0 Å². The van der Waals surface area contributed by atoms with E-state index in [0.717, 1.165) is 30.2 Å². The van der Waals surface area contributed by atoms with E-state index < -0.39 is 6.23 Å². The van der Waals surface area contributed by atoms with E-state index >= 15 is 0 Å². The summed E-state index contributed by atoms with van der Waals surface area (Å²) >= 11 is 0. The van der Waals surface area contributed by atoms with Crippen molar-refractivity contribution >= 4 is 28.3 Å². The summed E-state index contributed by atoms with van der Waals surface area (Å²) in [4.78, 5) is 23.3. The number of nitrogens with zero attached hydrogens (tertiary/aromatic N) is 4. The maximum absolute atomic E-state index is 12.7. The summed E-state index contributed by atoms with van der Waals surface area (Å²) in [6, 6.07) is 5.67. The Hall–Kier alpha value is -2.76. The van der Waals surface area contributed by atoms with Crippen LogP contribution in [0.5, 0.6) is 0 Å². The summed E-state index contributed by atoms with van der Waals surface area (Å²) in [7, 11) is 0. The van der Waals surface area contributed by atoms with Crippen molar-refractivity contribution < 1.29 is 9.90 Å². The van der Waals surface area contributed by atoms with Gasteiger partial charge in [-0.05, 0) is 45.7 Å². The van der Waals surface area contributed by atoms with E-state index in [1.807, 2.05) is 18.7 Å². The molecule has 3 heterocycles. The van der Waals surface area contributed by atoms with Gasteiger partial charge in [0.15, 0.2) is 0 Å². The second kappa shape index (κ2) is 8.50. The van der Waals surface area contributed by atoms with Crippen molar-refractivity contribution in [2.75, 3.05) is 23.7 Å². The lowest BCUT2D eigenvalue weighted by atomic mass is 9.97. The highest BCUT2D eigenvalue weighted by atomic mass is 16.3. The molecule has 148 valence electrons. The fourth-order valence-electron chi connectivity index (χ4n) is 3.44. The molecule has 0 spiro atoms. The third kappa shape index (κ3) is 4.55. The van der Waals surface area contributed by atoms with Gasteiger partial charge in [0, 0.05) is 36.1 Å². The number of fused-ring (bicyclic) bond motifs is 1. The highest BCUT2D eigenvalue weighted by Crippen LogP contribution is 2.26. The lowest BCUT2D eigenvalue weighted by Crippen LogP contribution is -2.44. The zero-order valence-electron chi connectivity index (χ0n) is 16.4. The number of anilines is 2. The maximum Gasteiger partial charge on any atom is 0.229 e. The number of nitriles is 1. The zero-order chi connectivity index (χ0) is 20.3. The van der Waals surface area contributed by atoms with Crippen LogP contribution in [0.15, 0.2) is 18.3 Å². The number of likely N-dealkylation sites (tertiary alicyclic amines) is 1. The molecule has 3 rings (SSSR count). The van der Waals surface area contributed by atoms with Crippen LogP contribution in [0.1, 0.15) is 39.3 Å². The zero-order valence-corrected chi connectivity index (χ0v) is 16.4. The van der Waals surface area contributed by atoms with Crippen LogP contribution < -0.4 is 10.6 Å². The molecule has 0 aliphatic carbocycles. The van der Waals surface area contributed by atoms with Gasteiger partial charge in [0.2, 0.25) is 5.91 Å². The van der Waals surface area contributed by atoms with Crippen LogP contribution in [-0.4, -0.2) is 51.2 Å². The average molecular weight is 382 g/mol. The number of aliphatic hydroxyl groups excluding tert-OH is 1. The third-order valence-electron chi connectivity index (χ3n) is 4.86. The molecule has 28 heavy (non-hydrogen) atoms. The monoisotopic (exact) mass is 382 g/mol. The van der Waals surface area contributed by atoms with E-state index in [1.165, 1.54) is 0 Å². The highest BCUT2D eigenvalue weighted by Gasteiger charge is 2.27. The largest absolute Gasteiger partial charge is 0.379 e. The number of aliphatic hydroxyl groups is 1. The van der Waals surface area contributed by atoms with Gasteiger partial charge < -0.3 is 15.7 Å². The Kier molecular flexibility index (Phi) is 6.07. The number of amides is 1. The van der Waals surface area contributed by atoms with Crippen LogP contribution in [0.4, 0.5) is 11.6 Å². The molecule has 1 amide bonds. The Morgan fingerprint density at radius 1 is 1.39 bits per heavy atom. The molecule has 1 aliphatic rings. The third-order valence-corrected chi connectivity index (χ3v) is 4.86. The first kappa shape index (κ1) is 20.0. The maximum atomic E-state index is 12.7. The number of rotatable bonds is 5. The molecule has 0 saturated carbocycles. The predicted molar refractivity (Wildman–Crippen MR) is 108 cm³/mol. The average Bonchev–Trinajstić information content (AvgIpc) is 2.67. The van der Waals surface area contributed by atoms with Crippen molar-refractivity contribution in [1.82, 2.24) is 14.9 Å². The molecule has 2 aromatic heterocycles. The molecule has 1 aliphatic heterocycles. The van der Waals surface area contributed by atoms with Crippen LogP contribution in [0.2, 0.25) is 0 Å². The minimum atomic E-state index is -0.556. The second-order valence-electron chi connectivity index (χ2n) is 7.51. The van der Waals surface area contributed by atoms with Gasteiger partial charge in [0.1, 0.15) is 29.6 Å². The van der Waals surface area contributed by atoms with Gasteiger partial charge in [-0.3, -0.25) is 9.69 Å². The van der Waals surface area contributed by atoms with Crippen molar-refractivity contribution in [3.05, 3.63) is 24.0 Å². The summed E-state index contributed by atoms with van der Waals surface area (Å²) in [6.45, 7) is 7.04. The van der Waals surface area contributed by atoms with Crippen molar-refractivity contribution in [2.45, 2.75) is 45.9 Å². The SMILES string of the molecule is CC(C)Nc1nc(C#N)cc2cnc(NC(=O)[C@H]3CCCN(C(C)O)C3)cc12. The fraction of sp³-hybridized carbons (Fsp3) is 0.500. The van der Waals surface area contributed by atoms with Gasteiger partial charge in [0.25, 0.3) is 0 Å². The topological polar surface area (TPSA) is 114 Å². The van der Waals surface area contributed by atoms with Crippen LogP contribution in [0, 0.1) is 17.2 Å². The standard InChI is InChI=1S/C20H26N6O2/c1-12(2)23-19-17-8-18(22-10-15(17)7-16(9-21)24-19)25-20(28)14-5-4-6-26(11-14)13(3)27/h7-8,10,12-14,27H,4-6,11H2,1-3H3,(H,23,24)(H,22,25,28)/t13?,14-/m0/s1. The Morgan fingerprint density at radius 2 is 2.18 bits per heavy atom. The molecule has 8 heteroatoms. The molecular formula is C20H26N6O2. The predicted octanol–water partition coefficient (Wildman–Crippen LogP) is 2.31. The summed E-state index contributed by atoms with van der Waals surface area (Å²) in [5.74, 6) is 0.759. The summed E-state index contributed by atoms with van der Waals surface area (Å²) in [6.07, 6.45) is 2.74. The van der Waals surface area contributed by atoms with Gasteiger partial charge >= 0.3 is 0 Å². The van der Waals surface area contributed by atoms with Gasteiger partial charge in [-0.2, -0.15) is 5.26 Å². The molecule has 0 radical (unpaired) electrons. The quantitative estimate of drug-likeness (QED) is 0.727. The van der Waals surface area contributed by atoms with Gasteiger partial charge in [0.05, 0.1) is 5.92 Å². The van der Waals surface area contributed by atoms with E-state index in [0.29, 0.717) is 23.9 Å². The molecule has 8 nitrogen and oxygen atoms in total. The highest BCUT2D eigenvalue weighted by molar-refractivity contribution is 5.97. The number of hydrogen-bond acceptors (Lipinski definition) is 7. The first-order chi connectivity index (χ1) is 13.4. The molecule has 3 N–H and O–H groups in total. The summed E-state index contributed by atoms with van der Waals surface area (Å²) in [5, 5.41) is 26.7. The molecule has 1 saturated heterocycles. The van der Waals surface area contributed by atoms with Crippen LogP contribution in [0.25, 0.3) is 10.8 Å². The van der Waals surface area contributed by atoms with Crippen LogP contribution in [-0.2, 0) is 4.79 Å². The number of carbonyl (C=O) groups excluding carboxylic acids is 1. The number of piperidine rings is 1. The minimum Gasteiger partial charge on any atom is -0.379 e. The Balaban J connectivity index is 1.83. The smallest absolute Gasteiger partial charge is 0.229 e. The van der Waals surface area contributed by atoms with Crippen LogP contribution >= 0.6 is 0 Å². The van der Waals surface area contributed by atoms with Crippen molar-refractivity contribution in [2.24, 2.45) is 5.92 Å². The Labute approximate surface area is 164 Å². The van der Waals surface area contributed by atoms with E-state index in [-0.39, 0.29) is 17.9 Å². The Bertz CT molecular complexity index is 905. The molecule has 0 bridgehead atoms. The first-order valence-electron chi connectivity index (χ1n) is 9.57. The number of pyridine rings is 2. The van der Waals surface area contributed by atoms with Crippen LogP contribution in [0.3, 0.4) is 0 Å².